The highest BCUT2D eigenvalue weighted by Gasteiger charge is 2.40. The lowest BCUT2D eigenvalue weighted by Crippen LogP contribution is -2.43. The number of nitrogens with one attached hydrogen (secondary N) is 1. The molecule has 7 heteroatoms. The molecule has 126 valence electrons. The van der Waals surface area contributed by atoms with Crippen molar-refractivity contribution in [3.05, 3.63) is 28.7 Å². The molecule has 0 spiro atoms. The normalized spacial score (nSPS) is 20.5. The molecule has 2 aliphatic rings. The summed E-state index contributed by atoms with van der Waals surface area (Å²) in [4.78, 5) is 38.1. The van der Waals surface area contributed by atoms with Crippen LogP contribution in [0.2, 0.25) is 0 Å². The monoisotopic (exact) mass is 329 g/mol. The number of hydrogen-bond donors (Lipinski definition) is 1. The van der Waals surface area contributed by atoms with Crippen molar-refractivity contribution in [2.45, 2.75) is 31.7 Å². The first-order chi connectivity index (χ1) is 11.5. The zero-order valence-corrected chi connectivity index (χ0v) is 13.4. The predicted octanol–water partition coefficient (Wildman–Crippen LogP) is 1.47. The van der Waals surface area contributed by atoms with E-state index in [1.54, 1.807) is 30.1 Å². The van der Waals surface area contributed by atoms with E-state index in [9.17, 15) is 14.4 Å². The van der Waals surface area contributed by atoms with Crippen molar-refractivity contribution >= 4 is 28.6 Å². The minimum atomic E-state index is -0.439. The molecule has 1 unspecified atom stereocenters. The fourth-order valence-corrected chi connectivity index (χ4v) is 3.31. The summed E-state index contributed by atoms with van der Waals surface area (Å²) in [6.07, 6.45) is 3.41. The maximum atomic E-state index is 12.6. The highest BCUT2D eigenvalue weighted by atomic mass is 16.4. The van der Waals surface area contributed by atoms with E-state index in [0.29, 0.717) is 29.8 Å². The first kappa shape index (κ1) is 15.0. The van der Waals surface area contributed by atoms with E-state index < -0.39 is 11.8 Å². The Kier molecular flexibility index (Phi) is 3.44. The number of aromatic nitrogens is 1. The Morgan fingerprint density at radius 3 is 2.79 bits per heavy atom. The Hall–Kier alpha value is -2.57. The summed E-state index contributed by atoms with van der Waals surface area (Å²) in [7, 11) is 1.63. The lowest BCUT2D eigenvalue weighted by molar-refractivity contribution is -0.137. The third-order valence-electron chi connectivity index (χ3n) is 4.82. The third-order valence-corrected chi connectivity index (χ3v) is 4.82. The van der Waals surface area contributed by atoms with Gasteiger partial charge in [-0.1, -0.05) is 0 Å². The van der Waals surface area contributed by atoms with Crippen LogP contribution in [-0.4, -0.2) is 33.9 Å². The van der Waals surface area contributed by atoms with Crippen LogP contribution in [-0.2, 0) is 16.6 Å². The zero-order chi connectivity index (χ0) is 16.8. The summed E-state index contributed by atoms with van der Waals surface area (Å²) in [5, 5.41) is 2.84. The van der Waals surface area contributed by atoms with E-state index in [4.69, 9.17) is 4.42 Å². The topological polar surface area (TPSA) is 84.6 Å². The van der Waals surface area contributed by atoms with Crippen LogP contribution in [0.15, 0.2) is 27.4 Å². The van der Waals surface area contributed by atoms with E-state index >= 15 is 0 Å². The first-order valence-electron chi connectivity index (χ1n) is 8.25. The molecule has 1 atom stereocenters. The molecule has 1 aromatic heterocycles. The fraction of sp³-hybridized carbons (Fsp3) is 0.471. The molecule has 7 nitrogen and oxygen atoms in total. The number of hydrogen-bond acceptors (Lipinski definition) is 4. The molecule has 2 aromatic rings. The highest BCUT2D eigenvalue weighted by molar-refractivity contribution is 5.99. The number of carbonyl (C=O) groups excluding carboxylic acids is 2. The Morgan fingerprint density at radius 1 is 1.25 bits per heavy atom. The number of fused-ring (bicyclic) bond motifs is 1. The number of oxazole rings is 1. The SMILES string of the molecule is Cn1c(=O)oc2cc(NC(=O)C3CCCN3C(=O)C3CC3)ccc21. The van der Waals surface area contributed by atoms with Crippen molar-refractivity contribution in [3.8, 4) is 0 Å². The van der Waals surface area contributed by atoms with Gasteiger partial charge in [-0.2, -0.15) is 0 Å². The summed E-state index contributed by atoms with van der Waals surface area (Å²) >= 11 is 0. The van der Waals surface area contributed by atoms with Gasteiger partial charge in [0.25, 0.3) is 0 Å². The summed E-state index contributed by atoms with van der Waals surface area (Å²) in [5.41, 5.74) is 1.66. The second-order valence-electron chi connectivity index (χ2n) is 6.56. The van der Waals surface area contributed by atoms with Crippen LogP contribution in [0, 0.1) is 5.92 Å². The van der Waals surface area contributed by atoms with Crippen molar-refractivity contribution in [2.24, 2.45) is 13.0 Å². The van der Waals surface area contributed by atoms with E-state index in [1.807, 2.05) is 0 Å². The maximum absolute atomic E-state index is 12.6. The summed E-state index contributed by atoms with van der Waals surface area (Å²) in [6.45, 7) is 0.653. The Bertz CT molecular complexity index is 878. The van der Waals surface area contributed by atoms with Crippen LogP contribution in [0.25, 0.3) is 11.1 Å². The van der Waals surface area contributed by atoms with E-state index in [0.717, 1.165) is 19.3 Å². The van der Waals surface area contributed by atoms with Gasteiger partial charge in [-0.3, -0.25) is 14.2 Å². The van der Waals surface area contributed by atoms with Crippen LogP contribution >= 0.6 is 0 Å². The smallest absolute Gasteiger partial charge is 0.408 e. The van der Waals surface area contributed by atoms with Gasteiger partial charge in [0, 0.05) is 31.3 Å². The minimum absolute atomic E-state index is 0.108. The van der Waals surface area contributed by atoms with Gasteiger partial charge in [-0.25, -0.2) is 4.79 Å². The van der Waals surface area contributed by atoms with E-state index in [1.165, 1.54) is 4.57 Å². The molecule has 0 bridgehead atoms. The number of likely N-dealkylation sites (tertiary alicyclic amines) is 1. The summed E-state index contributed by atoms with van der Waals surface area (Å²) in [6, 6.07) is 4.70. The molecule has 2 amide bonds. The molecule has 2 heterocycles. The van der Waals surface area contributed by atoms with Gasteiger partial charge in [0.05, 0.1) is 5.52 Å². The second kappa shape index (κ2) is 5.51. The Morgan fingerprint density at radius 2 is 2.04 bits per heavy atom. The molecule has 1 aromatic carbocycles. The number of benzene rings is 1. The number of anilines is 1. The number of carbonyl (C=O) groups is 2. The van der Waals surface area contributed by atoms with Crippen molar-refractivity contribution in [1.29, 1.82) is 0 Å². The molecule has 1 aliphatic carbocycles. The standard InChI is InChI=1S/C17H19N3O4/c1-19-12-7-6-11(9-14(12)24-17(19)23)18-15(21)13-3-2-8-20(13)16(22)10-4-5-10/h6-7,9-10,13H,2-5,8H2,1H3,(H,18,21). The molecule has 0 radical (unpaired) electrons. The fourth-order valence-electron chi connectivity index (χ4n) is 3.31. The lowest BCUT2D eigenvalue weighted by atomic mass is 10.2. The van der Waals surface area contributed by atoms with Gasteiger partial charge in [0.1, 0.15) is 6.04 Å². The summed E-state index contributed by atoms with van der Waals surface area (Å²) in [5.74, 6) is -0.393. The number of nitrogens with zero attached hydrogens (tertiary/aromatic N) is 2. The van der Waals surface area contributed by atoms with Gasteiger partial charge in [0.15, 0.2) is 5.58 Å². The molecular weight excluding hydrogens is 310 g/mol. The Labute approximate surface area is 138 Å². The maximum Gasteiger partial charge on any atom is 0.419 e. The molecule has 1 saturated carbocycles. The average molecular weight is 329 g/mol. The molecule has 1 aliphatic heterocycles. The third kappa shape index (κ3) is 2.50. The average Bonchev–Trinajstić information content (AvgIpc) is 3.22. The van der Waals surface area contributed by atoms with Gasteiger partial charge in [-0.05, 0) is 37.8 Å². The largest absolute Gasteiger partial charge is 0.419 e. The first-order valence-corrected chi connectivity index (χ1v) is 8.25. The molecule has 24 heavy (non-hydrogen) atoms. The van der Waals surface area contributed by atoms with Crippen LogP contribution in [0.3, 0.4) is 0 Å². The quantitative estimate of drug-likeness (QED) is 0.924. The van der Waals surface area contributed by atoms with Crippen molar-refractivity contribution in [3.63, 3.8) is 0 Å². The van der Waals surface area contributed by atoms with Gasteiger partial charge in [0.2, 0.25) is 11.8 Å². The van der Waals surface area contributed by atoms with Crippen molar-refractivity contribution < 1.29 is 14.0 Å². The van der Waals surface area contributed by atoms with Gasteiger partial charge in [-0.15, -0.1) is 0 Å². The molecule has 4 rings (SSSR count). The predicted molar refractivity (Wildman–Crippen MR) is 87.5 cm³/mol. The highest BCUT2D eigenvalue weighted by Crippen LogP contribution is 2.34. The zero-order valence-electron chi connectivity index (χ0n) is 13.4. The number of rotatable bonds is 3. The van der Waals surface area contributed by atoms with Crippen molar-refractivity contribution in [1.82, 2.24) is 9.47 Å². The number of amides is 2. The second-order valence-corrected chi connectivity index (χ2v) is 6.56. The van der Waals surface area contributed by atoms with Crippen LogP contribution in [0.5, 0.6) is 0 Å². The van der Waals surface area contributed by atoms with Crippen LogP contribution < -0.4 is 11.1 Å². The van der Waals surface area contributed by atoms with E-state index in [2.05, 4.69) is 5.32 Å². The molecule has 2 fully saturated rings. The Balaban J connectivity index is 1.52. The lowest BCUT2D eigenvalue weighted by Gasteiger charge is -2.24. The van der Waals surface area contributed by atoms with Gasteiger partial charge < -0.3 is 14.6 Å². The van der Waals surface area contributed by atoms with Crippen LogP contribution in [0.1, 0.15) is 25.7 Å². The van der Waals surface area contributed by atoms with Crippen LogP contribution in [0.4, 0.5) is 5.69 Å². The van der Waals surface area contributed by atoms with Gasteiger partial charge >= 0.3 is 5.76 Å². The van der Waals surface area contributed by atoms with Crippen molar-refractivity contribution in [2.75, 3.05) is 11.9 Å². The summed E-state index contributed by atoms with van der Waals surface area (Å²) < 4.78 is 6.55. The molecule has 1 saturated heterocycles. The minimum Gasteiger partial charge on any atom is -0.408 e. The number of aryl methyl sites for hydroxylation is 1. The molecule has 1 N–H and O–H groups in total. The molecular formula is C17H19N3O4. The van der Waals surface area contributed by atoms with E-state index in [-0.39, 0.29) is 17.7 Å².